The molecule has 0 aliphatic rings. The van der Waals surface area contributed by atoms with Crippen LogP contribution in [-0.2, 0) is 53.9 Å². The van der Waals surface area contributed by atoms with Gasteiger partial charge >= 0.3 is 0 Å². The Hall–Kier alpha value is -3.32. The van der Waals surface area contributed by atoms with Gasteiger partial charge in [0.1, 0.15) is 0 Å². The van der Waals surface area contributed by atoms with Crippen molar-refractivity contribution in [2.24, 2.45) is 0 Å². The zero-order valence-electron chi connectivity index (χ0n) is 22.3. The molecule has 0 atom stereocenters. The number of ether oxygens (including phenoxy) is 3. The normalized spacial score (nSPS) is 10.8. The first-order chi connectivity index (χ1) is 18.7. The molecule has 4 rings (SSSR count). The summed E-state index contributed by atoms with van der Waals surface area (Å²) in [5.41, 5.74) is 8.30. The lowest BCUT2D eigenvalue weighted by atomic mass is 9.93. The van der Waals surface area contributed by atoms with E-state index in [4.69, 9.17) is 24.7 Å². The molecule has 0 unspecified atom stereocenters. The summed E-state index contributed by atoms with van der Waals surface area (Å²) >= 11 is 0. The predicted octanol–water partition coefficient (Wildman–Crippen LogP) is 7.98. The van der Waals surface area contributed by atoms with E-state index < -0.39 is 0 Å². The molecule has 4 aromatic rings. The fraction of sp³-hybridized carbons (Fsp3) is 0.273. The monoisotopic (exact) mass is 514 g/mol. The highest BCUT2D eigenvalue weighted by Crippen LogP contribution is 2.26. The zero-order chi connectivity index (χ0) is 27.0. The van der Waals surface area contributed by atoms with Gasteiger partial charge in [-0.2, -0.15) is 0 Å². The molecule has 4 aromatic carbocycles. The van der Waals surface area contributed by atoms with Crippen LogP contribution >= 0.6 is 0 Å². The fourth-order valence-corrected chi connectivity index (χ4v) is 4.15. The van der Waals surface area contributed by atoms with Gasteiger partial charge in [0.2, 0.25) is 0 Å². The highest BCUT2D eigenvalue weighted by atomic mass is 17.0. The molecule has 5 nitrogen and oxygen atoms in total. The van der Waals surface area contributed by atoms with Crippen molar-refractivity contribution < 1.29 is 24.7 Å². The van der Waals surface area contributed by atoms with Crippen LogP contribution < -0.4 is 0 Å². The highest BCUT2D eigenvalue weighted by molar-refractivity contribution is 5.40. The van der Waals surface area contributed by atoms with Crippen LogP contribution in [0.25, 0.3) is 0 Å². The van der Waals surface area contributed by atoms with Crippen molar-refractivity contribution in [3.05, 3.63) is 142 Å². The van der Waals surface area contributed by atoms with Crippen molar-refractivity contribution in [2.45, 2.75) is 59.4 Å². The first kappa shape index (κ1) is 29.2. The second kappa shape index (κ2) is 16.5. The lowest BCUT2D eigenvalue weighted by Crippen LogP contribution is -2.09. The summed E-state index contributed by atoms with van der Waals surface area (Å²) in [6, 6.07) is 35.5. The Morgan fingerprint density at radius 2 is 0.842 bits per heavy atom. The maximum Gasteiger partial charge on any atom is 0.0728 e. The van der Waals surface area contributed by atoms with E-state index in [0.29, 0.717) is 45.6 Å². The molecule has 0 heterocycles. The van der Waals surface area contributed by atoms with Crippen molar-refractivity contribution in [3.8, 4) is 0 Å². The Morgan fingerprint density at radius 3 is 1.18 bits per heavy atom. The minimum Gasteiger partial charge on any atom is -0.372 e. The average molecular weight is 515 g/mol. The first-order valence-corrected chi connectivity index (χ1v) is 12.9. The summed E-state index contributed by atoms with van der Waals surface area (Å²) in [5.74, 6) is 0.407. The SMILES string of the molecule is CC(C)c1cc(COCc2ccccc2)c(COCc2ccccc2)c(COCc2ccccc2)c1.OO. The van der Waals surface area contributed by atoms with Crippen LogP contribution in [0.2, 0.25) is 0 Å². The summed E-state index contributed by atoms with van der Waals surface area (Å²) in [7, 11) is 0. The third-order valence-corrected chi connectivity index (χ3v) is 6.22. The van der Waals surface area contributed by atoms with Crippen molar-refractivity contribution in [1.82, 2.24) is 0 Å². The number of benzene rings is 4. The van der Waals surface area contributed by atoms with Gasteiger partial charge in [0.15, 0.2) is 0 Å². The number of hydrogen-bond acceptors (Lipinski definition) is 5. The van der Waals surface area contributed by atoms with Crippen molar-refractivity contribution in [3.63, 3.8) is 0 Å². The number of rotatable bonds is 13. The third-order valence-electron chi connectivity index (χ3n) is 6.22. The molecule has 0 amide bonds. The number of hydrogen-bond donors (Lipinski definition) is 2. The van der Waals surface area contributed by atoms with Gasteiger partial charge < -0.3 is 14.2 Å². The Labute approximate surface area is 226 Å². The van der Waals surface area contributed by atoms with Crippen LogP contribution in [0, 0.1) is 0 Å². The van der Waals surface area contributed by atoms with Gasteiger partial charge in [-0.15, -0.1) is 0 Å². The van der Waals surface area contributed by atoms with Crippen LogP contribution in [0.4, 0.5) is 0 Å². The Balaban J connectivity index is 0.00000195. The molecule has 0 aliphatic carbocycles. The lowest BCUT2D eigenvalue weighted by Gasteiger charge is -2.20. The molecule has 200 valence electrons. The molecule has 0 bridgehead atoms. The van der Waals surface area contributed by atoms with E-state index in [1.54, 1.807) is 0 Å². The molecule has 38 heavy (non-hydrogen) atoms. The summed E-state index contributed by atoms with van der Waals surface area (Å²) in [4.78, 5) is 0. The third kappa shape index (κ3) is 9.53. The van der Waals surface area contributed by atoms with E-state index in [1.165, 1.54) is 33.4 Å². The summed E-state index contributed by atoms with van der Waals surface area (Å²) in [5, 5.41) is 12.0. The van der Waals surface area contributed by atoms with Crippen LogP contribution in [0.15, 0.2) is 103 Å². The molecule has 5 heteroatoms. The van der Waals surface area contributed by atoms with E-state index in [0.717, 1.165) is 5.56 Å². The van der Waals surface area contributed by atoms with Crippen LogP contribution in [0.1, 0.15) is 58.7 Å². The predicted molar refractivity (Wildman–Crippen MR) is 151 cm³/mol. The van der Waals surface area contributed by atoms with Crippen LogP contribution in [-0.4, -0.2) is 10.5 Å². The largest absolute Gasteiger partial charge is 0.372 e. The molecule has 0 saturated heterocycles. The van der Waals surface area contributed by atoms with Gasteiger partial charge in [-0.1, -0.05) is 117 Å². The summed E-state index contributed by atoms with van der Waals surface area (Å²) in [6.45, 7) is 7.76. The molecule has 0 saturated carbocycles. The van der Waals surface area contributed by atoms with Crippen molar-refractivity contribution in [1.29, 1.82) is 0 Å². The topological polar surface area (TPSA) is 68.2 Å². The quantitative estimate of drug-likeness (QED) is 0.140. The van der Waals surface area contributed by atoms with Crippen LogP contribution in [0.3, 0.4) is 0 Å². The summed E-state index contributed by atoms with van der Waals surface area (Å²) < 4.78 is 18.6. The van der Waals surface area contributed by atoms with Crippen molar-refractivity contribution >= 4 is 0 Å². The van der Waals surface area contributed by atoms with Gasteiger partial charge in [-0.25, -0.2) is 0 Å². The minimum absolute atomic E-state index is 0.407. The Kier molecular flexibility index (Phi) is 12.7. The van der Waals surface area contributed by atoms with Gasteiger partial charge in [-0.3, -0.25) is 10.5 Å². The van der Waals surface area contributed by atoms with Gasteiger partial charge in [0.25, 0.3) is 0 Å². The Bertz CT molecular complexity index is 1110. The molecule has 0 aliphatic heterocycles. The first-order valence-electron chi connectivity index (χ1n) is 12.9. The maximum atomic E-state index is 6.21. The van der Waals surface area contributed by atoms with Crippen LogP contribution in [0.5, 0.6) is 0 Å². The van der Waals surface area contributed by atoms with E-state index >= 15 is 0 Å². The van der Waals surface area contributed by atoms with E-state index in [1.807, 2.05) is 54.6 Å². The molecule has 0 aromatic heterocycles. The van der Waals surface area contributed by atoms with Crippen molar-refractivity contribution in [2.75, 3.05) is 0 Å². The highest BCUT2D eigenvalue weighted by Gasteiger charge is 2.14. The molecular weight excluding hydrogens is 476 g/mol. The van der Waals surface area contributed by atoms with Gasteiger partial charge in [-0.05, 0) is 44.9 Å². The smallest absolute Gasteiger partial charge is 0.0728 e. The molecule has 0 radical (unpaired) electrons. The Morgan fingerprint density at radius 1 is 0.500 bits per heavy atom. The second-order valence-corrected chi connectivity index (χ2v) is 9.41. The maximum absolute atomic E-state index is 6.21. The second-order valence-electron chi connectivity index (χ2n) is 9.41. The summed E-state index contributed by atoms with van der Waals surface area (Å²) in [6.07, 6.45) is 0. The lowest BCUT2D eigenvalue weighted by molar-refractivity contribution is -0.176. The van der Waals surface area contributed by atoms with Gasteiger partial charge in [0.05, 0.1) is 39.6 Å². The fourth-order valence-electron chi connectivity index (χ4n) is 4.15. The average Bonchev–Trinajstić information content (AvgIpc) is 2.96. The molecule has 0 spiro atoms. The zero-order valence-corrected chi connectivity index (χ0v) is 22.3. The molecule has 2 N–H and O–H groups in total. The van der Waals surface area contributed by atoms with E-state index in [-0.39, 0.29) is 0 Å². The standard InChI is InChI=1S/C33H36O3.H2O2/c1-26(2)30-18-31(23-34-20-27-12-6-3-7-13-27)33(25-36-22-29-16-10-5-11-17-29)32(19-30)24-35-21-28-14-8-4-9-15-28;1-2/h3-19,26H,20-25H2,1-2H3;1-2H. The molecular formula is C33H38O5. The van der Waals surface area contributed by atoms with E-state index in [9.17, 15) is 0 Å². The van der Waals surface area contributed by atoms with Gasteiger partial charge in [0, 0.05) is 0 Å². The minimum atomic E-state index is 0.407. The van der Waals surface area contributed by atoms with E-state index in [2.05, 4.69) is 62.4 Å². The molecule has 0 fully saturated rings.